The number of rotatable bonds is 5. The van der Waals surface area contributed by atoms with Crippen LogP contribution in [0.4, 0.5) is 5.69 Å². The highest BCUT2D eigenvalue weighted by atomic mass is 16.1. The van der Waals surface area contributed by atoms with Gasteiger partial charge in [-0.3, -0.25) is 9.69 Å². The summed E-state index contributed by atoms with van der Waals surface area (Å²) in [6.07, 6.45) is 5.49. The summed E-state index contributed by atoms with van der Waals surface area (Å²) in [5.41, 5.74) is 12.2. The SMILES string of the molecule is Cc1ccc2c(c1)C(Nc1cccc(CN3CCCC3C(N)=O)c1)CCC2. The van der Waals surface area contributed by atoms with Gasteiger partial charge in [-0.05, 0) is 74.4 Å². The van der Waals surface area contributed by atoms with E-state index in [1.807, 2.05) is 0 Å². The van der Waals surface area contributed by atoms with Crippen molar-refractivity contribution in [3.63, 3.8) is 0 Å². The van der Waals surface area contributed by atoms with Gasteiger partial charge in [-0.2, -0.15) is 0 Å². The van der Waals surface area contributed by atoms with Gasteiger partial charge >= 0.3 is 0 Å². The Morgan fingerprint density at radius 2 is 2.07 bits per heavy atom. The minimum atomic E-state index is -0.198. The van der Waals surface area contributed by atoms with Crippen molar-refractivity contribution in [3.8, 4) is 0 Å². The number of likely N-dealkylation sites (tertiary alicyclic amines) is 1. The first kappa shape index (κ1) is 18.1. The molecule has 4 nitrogen and oxygen atoms in total. The number of primary amides is 1. The molecule has 0 bridgehead atoms. The standard InChI is InChI=1S/C23H29N3O/c1-16-10-11-18-6-3-8-21(20(18)13-16)25-19-7-2-5-17(14-19)15-26-12-4-9-22(26)23(24)27/h2,5,7,10-11,13-14,21-22,25H,3-4,6,8-9,12,15H2,1H3,(H2,24,27). The maximum Gasteiger partial charge on any atom is 0.234 e. The molecule has 1 heterocycles. The van der Waals surface area contributed by atoms with Crippen LogP contribution in [-0.2, 0) is 17.8 Å². The summed E-state index contributed by atoms with van der Waals surface area (Å²) in [5.74, 6) is -0.198. The zero-order valence-corrected chi connectivity index (χ0v) is 16.1. The smallest absolute Gasteiger partial charge is 0.234 e. The number of amides is 1. The molecule has 1 aliphatic heterocycles. The van der Waals surface area contributed by atoms with Crippen molar-refractivity contribution in [3.05, 3.63) is 64.7 Å². The van der Waals surface area contributed by atoms with E-state index in [1.165, 1.54) is 35.1 Å². The number of hydrogen-bond acceptors (Lipinski definition) is 3. The lowest BCUT2D eigenvalue weighted by Crippen LogP contribution is -2.39. The largest absolute Gasteiger partial charge is 0.378 e. The lowest BCUT2D eigenvalue weighted by Gasteiger charge is -2.28. The number of carbonyl (C=O) groups is 1. The van der Waals surface area contributed by atoms with E-state index in [2.05, 4.69) is 59.6 Å². The lowest BCUT2D eigenvalue weighted by atomic mass is 9.86. The minimum absolute atomic E-state index is 0.116. The summed E-state index contributed by atoms with van der Waals surface area (Å²) in [6, 6.07) is 15.7. The molecule has 4 rings (SSSR count). The van der Waals surface area contributed by atoms with Crippen LogP contribution in [0.25, 0.3) is 0 Å². The van der Waals surface area contributed by atoms with Crippen molar-refractivity contribution >= 4 is 11.6 Å². The molecule has 0 aromatic heterocycles. The Morgan fingerprint density at radius 1 is 1.19 bits per heavy atom. The highest BCUT2D eigenvalue weighted by Gasteiger charge is 2.28. The van der Waals surface area contributed by atoms with Crippen molar-refractivity contribution in [2.45, 2.75) is 57.7 Å². The van der Waals surface area contributed by atoms with Crippen molar-refractivity contribution in [1.82, 2.24) is 4.90 Å². The van der Waals surface area contributed by atoms with Crippen molar-refractivity contribution in [2.24, 2.45) is 5.73 Å². The number of nitrogens with two attached hydrogens (primary N) is 1. The molecular weight excluding hydrogens is 334 g/mol. The molecule has 2 atom stereocenters. The predicted molar refractivity (Wildman–Crippen MR) is 110 cm³/mol. The molecule has 1 amide bonds. The van der Waals surface area contributed by atoms with Crippen LogP contribution in [0.15, 0.2) is 42.5 Å². The van der Waals surface area contributed by atoms with E-state index < -0.39 is 0 Å². The average Bonchev–Trinajstić information content (AvgIpc) is 3.11. The second kappa shape index (κ2) is 7.73. The van der Waals surface area contributed by atoms with E-state index in [0.717, 1.165) is 38.0 Å². The fourth-order valence-electron chi connectivity index (χ4n) is 4.60. The van der Waals surface area contributed by atoms with Gasteiger partial charge in [-0.15, -0.1) is 0 Å². The highest BCUT2D eigenvalue weighted by Crippen LogP contribution is 2.33. The van der Waals surface area contributed by atoms with E-state index in [9.17, 15) is 4.79 Å². The third kappa shape index (κ3) is 4.01. The number of benzene rings is 2. The quantitative estimate of drug-likeness (QED) is 0.846. The molecule has 0 radical (unpaired) electrons. The molecule has 1 saturated heterocycles. The summed E-state index contributed by atoms with van der Waals surface area (Å²) < 4.78 is 0. The Hall–Kier alpha value is -2.33. The summed E-state index contributed by atoms with van der Waals surface area (Å²) >= 11 is 0. The Balaban J connectivity index is 1.49. The molecular formula is C23H29N3O. The van der Waals surface area contributed by atoms with Crippen LogP contribution in [0.1, 0.15) is 54.0 Å². The topological polar surface area (TPSA) is 58.4 Å². The van der Waals surface area contributed by atoms with Gasteiger partial charge in [0.1, 0.15) is 0 Å². The molecule has 2 aromatic rings. The van der Waals surface area contributed by atoms with E-state index in [0.29, 0.717) is 6.04 Å². The molecule has 2 unspecified atom stereocenters. The van der Waals surface area contributed by atoms with E-state index in [1.54, 1.807) is 0 Å². The van der Waals surface area contributed by atoms with Gasteiger partial charge in [0.25, 0.3) is 0 Å². The maximum atomic E-state index is 11.6. The van der Waals surface area contributed by atoms with Gasteiger partial charge in [0.2, 0.25) is 5.91 Å². The Bertz CT molecular complexity index is 832. The first-order chi connectivity index (χ1) is 13.1. The molecule has 0 spiro atoms. The first-order valence-electron chi connectivity index (χ1n) is 10.1. The Morgan fingerprint density at radius 3 is 2.93 bits per heavy atom. The maximum absolute atomic E-state index is 11.6. The van der Waals surface area contributed by atoms with Crippen LogP contribution in [-0.4, -0.2) is 23.4 Å². The van der Waals surface area contributed by atoms with Gasteiger partial charge in [0.15, 0.2) is 0 Å². The first-order valence-corrected chi connectivity index (χ1v) is 10.1. The monoisotopic (exact) mass is 363 g/mol. The van der Waals surface area contributed by atoms with Gasteiger partial charge in [0.05, 0.1) is 12.1 Å². The molecule has 1 aliphatic carbocycles. The van der Waals surface area contributed by atoms with Crippen molar-refractivity contribution in [1.29, 1.82) is 0 Å². The third-order valence-electron chi connectivity index (χ3n) is 5.96. The van der Waals surface area contributed by atoms with Gasteiger partial charge in [-0.25, -0.2) is 0 Å². The van der Waals surface area contributed by atoms with Crippen molar-refractivity contribution in [2.75, 3.05) is 11.9 Å². The number of nitrogens with zero attached hydrogens (tertiary/aromatic N) is 1. The van der Waals surface area contributed by atoms with E-state index in [4.69, 9.17) is 5.73 Å². The normalized spacial score (nSPS) is 22.4. The van der Waals surface area contributed by atoms with E-state index >= 15 is 0 Å². The van der Waals surface area contributed by atoms with Crippen LogP contribution >= 0.6 is 0 Å². The Labute approximate surface area is 161 Å². The third-order valence-corrected chi connectivity index (χ3v) is 5.96. The molecule has 3 N–H and O–H groups in total. The van der Waals surface area contributed by atoms with Gasteiger partial charge in [-0.1, -0.05) is 35.9 Å². The average molecular weight is 364 g/mol. The summed E-state index contributed by atoms with van der Waals surface area (Å²) in [7, 11) is 0. The van der Waals surface area contributed by atoms with Gasteiger partial charge < -0.3 is 11.1 Å². The molecule has 142 valence electrons. The summed E-state index contributed by atoms with van der Waals surface area (Å²) in [4.78, 5) is 13.9. The molecule has 0 saturated carbocycles. The number of anilines is 1. The second-order valence-electron chi connectivity index (χ2n) is 8.02. The predicted octanol–water partition coefficient (Wildman–Crippen LogP) is 3.93. The summed E-state index contributed by atoms with van der Waals surface area (Å²) in [5, 5.41) is 3.75. The van der Waals surface area contributed by atoms with Crippen LogP contribution in [0.5, 0.6) is 0 Å². The molecule has 4 heteroatoms. The van der Waals surface area contributed by atoms with Crippen LogP contribution in [0.3, 0.4) is 0 Å². The number of carbonyl (C=O) groups excluding carboxylic acids is 1. The van der Waals surface area contributed by atoms with Crippen LogP contribution in [0, 0.1) is 6.92 Å². The molecule has 27 heavy (non-hydrogen) atoms. The highest BCUT2D eigenvalue weighted by molar-refractivity contribution is 5.80. The van der Waals surface area contributed by atoms with Crippen LogP contribution < -0.4 is 11.1 Å². The number of aryl methyl sites for hydroxylation is 2. The lowest BCUT2D eigenvalue weighted by molar-refractivity contribution is -0.122. The second-order valence-corrected chi connectivity index (χ2v) is 8.02. The number of nitrogens with one attached hydrogen (secondary N) is 1. The van der Waals surface area contributed by atoms with Crippen molar-refractivity contribution < 1.29 is 4.79 Å². The van der Waals surface area contributed by atoms with Crippen LogP contribution in [0.2, 0.25) is 0 Å². The number of hydrogen-bond donors (Lipinski definition) is 2. The fraction of sp³-hybridized carbons (Fsp3) is 0.435. The minimum Gasteiger partial charge on any atom is -0.378 e. The zero-order valence-electron chi connectivity index (χ0n) is 16.1. The van der Waals surface area contributed by atoms with E-state index in [-0.39, 0.29) is 11.9 Å². The molecule has 2 aliphatic rings. The zero-order chi connectivity index (χ0) is 18.8. The molecule has 2 aromatic carbocycles. The summed E-state index contributed by atoms with van der Waals surface area (Å²) in [6.45, 7) is 3.89. The van der Waals surface area contributed by atoms with Gasteiger partial charge in [0, 0.05) is 12.2 Å². The Kier molecular flexibility index (Phi) is 5.17. The molecule has 1 fully saturated rings. The fourth-order valence-corrected chi connectivity index (χ4v) is 4.60. The number of fused-ring (bicyclic) bond motifs is 1.